The minimum absolute atomic E-state index is 0.0527. The summed E-state index contributed by atoms with van der Waals surface area (Å²) in [5, 5.41) is 9.14. The molecule has 0 unspecified atom stereocenters. The first kappa shape index (κ1) is 13.8. The highest BCUT2D eigenvalue weighted by Gasteiger charge is 2.18. The Morgan fingerprint density at radius 3 is 2.30 bits per heavy atom. The molecule has 20 heavy (non-hydrogen) atoms. The van der Waals surface area contributed by atoms with Crippen LogP contribution in [0, 0.1) is 0 Å². The number of hydrogen-bond donors (Lipinski definition) is 1. The van der Waals surface area contributed by atoms with Crippen LogP contribution in [0.25, 0.3) is 11.1 Å². The Hall–Kier alpha value is -2.62. The summed E-state index contributed by atoms with van der Waals surface area (Å²) >= 11 is 0. The molecule has 0 aliphatic rings. The lowest BCUT2D eigenvalue weighted by Gasteiger charge is -2.08. The van der Waals surface area contributed by atoms with E-state index in [1.54, 1.807) is 19.1 Å². The summed E-state index contributed by atoms with van der Waals surface area (Å²) in [5.74, 6) is -1.77. The number of rotatable bonds is 4. The minimum atomic E-state index is -1.15. The second kappa shape index (κ2) is 6.02. The van der Waals surface area contributed by atoms with E-state index in [-0.39, 0.29) is 17.7 Å². The van der Waals surface area contributed by atoms with Crippen molar-refractivity contribution in [3.8, 4) is 11.1 Å². The van der Waals surface area contributed by atoms with Crippen LogP contribution in [0.2, 0.25) is 0 Å². The number of carbonyl (C=O) groups excluding carboxylic acids is 1. The number of ether oxygens (including phenoxy) is 1. The van der Waals surface area contributed by atoms with Crippen molar-refractivity contribution in [2.75, 3.05) is 6.61 Å². The highest BCUT2D eigenvalue weighted by molar-refractivity contribution is 6.03. The topological polar surface area (TPSA) is 63.6 Å². The predicted octanol–water partition coefficient (Wildman–Crippen LogP) is 3.23. The second-order valence-electron chi connectivity index (χ2n) is 4.15. The van der Waals surface area contributed by atoms with Gasteiger partial charge >= 0.3 is 11.9 Å². The van der Waals surface area contributed by atoms with Crippen LogP contribution >= 0.6 is 0 Å². The highest BCUT2D eigenvalue weighted by Crippen LogP contribution is 2.23. The van der Waals surface area contributed by atoms with Crippen LogP contribution < -0.4 is 0 Å². The quantitative estimate of drug-likeness (QED) is 0.866. The highest BCUT2D eigenvalue weighted by atomic mass is 16.5. The molecule has 4 nitrogen and oxygen atoms in total. The Morgan fingerprint density at radius 2 is 1.70 bits per heavy atom. The van der Waals surface area contributed by atoms with Gasteiger partial charge in [0.2, 0.25) is 0 Å². The molecule has 0 atom stereocenters. The zero-order valence-electron chi connectivity index (χ0n) is 11.0. The van der Waals surface area contributed by atoms with E-state index in [1.165, 1.54) is 6.07 Å². The average molecular weight is 270 g/mol. The van der Waals surface area contributed by atoms with Gasteiger partial charge in [0.25, 0.3) is 0 Å². The molecule has 0 heterocycles. The van der Waals surface area contributed by atoms with E-state index in [1.807, 2.05) is 30.3 Å². The molecule has 4 heteroatoms. The molecule has 2 aromatic rings. The molecule has 2 aromatic carbocycles. The maximum absolute atomic E-state index is 11.9. The molecule has 0 spiro atoms. The third kappa shape index (κ3) is 2.85. The fourth-order valence-corrected chi connectivity index (χ4v) is 1.92. The van der Waals surface area contributed by atoms with Crippen molar-refractivity contribution in [3.05, 3.63) is 59.7 Å². The van der Waals surface area contributed by atoms with Crippen molar-refractivity contribution >= 4 is 11.9 Å². The molecule has 0 aliphatic heterocycles. The first-order valence-corrected chi connectivity index (χ1v) is 6.23. The molecule has 0 bridgehead atoms. The predicted molar refractivity (Wildman–Crippen MR) is 74.8 cm³/mol. The average Bonchev–Trinajstić information content (AvgIpc) is 2.47. The van der Waals surface area contributed by atoms with Crippen LogP contribution in [0.4, 0.5) is 0 Å². The van der Waals surface area contributed by atoms with Crippen LogP contribution in [0.3, 0.4) is 0 Å². The van der Waals surface area contributed by atoms with Crippen molar-refractivity contribution < 1.29 is 19.4 Å². The number of carboxylic acids is 1. The maximum Gasteiger partial charge on any atom is 0.339 e. The molecule has 0 radical (unpaired) electrons. The van der Waals surface area contributed by atoms with Crippen molar-refractivity contribution in [2.24, 2.45) is 0 Å². The van der Waals surface area contributed by atoms with E-state index in [0.29, 0.717) is 0 Å². The summed E-state index contributed by atoms with van der Waals surface area (Å²) in [6, 6.07) is 14.1. The van der Waals surface area contributed by atoms with Gasteiger partial charge in [0.15, 0.2) is 0 Å². The third-order valence-corrected chi connectivity index (χ3v) is 2.85. The summed E-state index contributed by atoms with van der Waals surface area (Å²) in [6.45, 7) is 1.88. The Balaban J connectivity index is 2.51. The SMILES string of the molecule is CCOC(=O)c1cc(-c2ccccc2)ccc1C(=O)O. The van der Waals surface area contributed by atoms with Gasteiger partial charge in [-0.05, 0) is 30.2 Å². The maximum atomic E-state index is 11.9. The number of esters is 1. The van der Waals surface area contributed by atoms with Gasteiger partial charge in [-0.15, -0.1) is 0 Å². The first-order chi connectivity index (χ1) is 9.63. The molecule has 0 aliphatic carbocycles. The summed E-state index contributed by atoms with van der Waals surface area (Å²) < 4.78 is 4.91. The first-order valence-electron chi connectivity index (χ1n) is 6.23. The van der Waals surface area contributed by atoms with E-state index >= 15 is 0 Å². The lowest BCUT2D eigenvalue weighted by molar-refractivity contribution is 0.0514. The molecule has 0 aromatic heterocycles. The molecule has 102 valence electrons. The zero-order chi connectivity index (χ0) is 14.5. The van der Waals surface area contributed by atoms with E-state index in [9.17, 15) is 9.59 Å². The zero-order valence-corrected chi connectivity index (χ0v) is 11.0. The lowest BCUT2D eigenvalue weighted by Crippen LogP contribution is -2.11. The molecule has 2 rings (SSSR count). The normalized spacial score (nSPS) is 10.1. The van der Waals surface area contributed by atoms with Gasteiger partial charge in [0, 0.05) is 0 Å². The molecule has 0 saturated carbocycles. The summed E-state index contributed by atoms with van der Waals surface area (Å²) in [7, 11) is 0. The number of carbonyl (C=O) groups is 2. The van der Waals surface area contributed by atoms with Gasteiger partial charge in [0.05, 0.1) is 17.7 Å². The van der Waals surface area contributed by atoms with Gasteiger partial charge in [-0.1, -0.05) is 36.4 Å². The molecule has 0 saturated heterocycles. The van der Waals surface area contributed by atoms with Crippen LogP contribution in [-0.4, -0.2) is 23.7 Å². The third-order valence-electron chi connectivity index (χ3n) is 2.85. The summed E-state index contributed by atoms with van der Waals surface area (Å²) in [4.78, 5) is 23.0. The van der Waals surface area contributed by atoms with Gasteiger partial charge < -0.3 is 9.84 Å². The smallest absolute Gasteiger partial charge is 0.339 e. The molecular weight excluding hydrogens is 256 g/mol. The lowest BCUT2D eigenvalue weighted by atomic mass is 9.99. The second-order valence-corrected chi connectivity index (χ2v) is 4.15. The minimum Gasteiger partial charge on any atom is -0.478 e. The van der Waals surface area contributed by atoms with Gasteiger partial charge in [-0.3, -0.25) is 0 Å². The standard InChI is InChI=1S/C16H14O4/c1-2-20-16(19)14-10-12(8-9-13(14)15(17)18)11-6-4-3-5-7-11/h3-10H,2H2,1H3,(H,17,18). The number of aromatic carboxylic acids is 1. The van der Waals surface area contributed by atoms with Gasteiger partial charge in [-0.2, -0.15) is 0 Å². The van der Waals surface area contributed by atoms with Crippen molar-refractivity contribution in [3.63, 3.8) is 0 Å². The number of hydrogen-bond acceptors (Lipinski definition) is 3. The summed E-state index contributed by atoms with van der Waals surface area (Å²) in [5.41, 5.74) is 1.71. The number of benzene rings is 2. The molecule has 0 fully saturated rings. The van der Waals surface area contributed by atoms with E-state index in [4.69, 9.17) is 9.84 Å². The van der Waals surface area contributed by atoms with Crippen molar-refractivity contribution in [1.82, 2.24) is 0 Å². The fourth-order valence-electron chi connectivity index (χ4n) is 1.92. The Morgan fingerprint density at radius 1 is 1.00 bits per heavy atom. The van der Waals surface area contributed by atoms with Gasteiger partial charge in [0.1, 0.15) is 0 Å². The Bertz CT molecular complexity index is 632. The van der Waals surface area contributed by atoms with Crippen molar-refractivity contribution in [1.29, 1.82) is 0 Å². The van der Waals surface area contributed by atoms with E-state index < -0.39 is 11.9 Å². The monoisotopic (exact) mass is 270 g/mol. The van der Waals surface area contributed by atoms with Crippen LogP contribution in [-0.2, 0) is 4.74 Å². The Labute approximate surface area is 116 Å². The fraction of sp³-hybridized carbons (Fsp3) is 0.125. The van der Waals surface area contributed by atoms with E-state index in [2.05, 4.69) is 0 Å². The Kier molecular flexibility index (Phi) is 4.15. The van der Waals surface area contributed by atoms with E-state index in [0.717, 1.165) is 11.1 Å². The van der Waals surface area contributed by atoms with Crippen LogP contribution in [0.15, 0.2) is 48.5 Å². The number of carboxylic acid groups (broad SMARTS) is 1. The summed E-state index contributed by atoms with van der Waals surface area (Å²) in [6.07, 6.45) is 0. The molecular formula is C16H14O4. The van der Waals surface area contributed by atoms with Crippen LogP contribution in [0.5, 0.6) is 0 Å². The largest absolute Gasteiger partial charge is 0.478 e. The van der Waals surface area contributed by atoms with Gasteiger partial charge in [-0.25, -0.2) is 9.59 Å². The molecule has 0 amide bonds. The van der Waals surface area contributed by atoms with Crippen LogP contribution in [0.1, 0.15) is 27.6 Å². The van der Waals surface area contributed by atoms with Crippen molar-refractivity contribution in [2.45, 2.75) is 6.92 Å². The molecule has 1 N–H and O–H groups in total.